The third-order valence-corrected chi connectivity index (χ3v) is 10.0. The molecule has 1 N–H and O–H groups in total. The Morgan fingerprint density at radius 2 is 1.50 bits per heavy atom. The van der Waals surface area contributed by atoms with E-state index in [1.54, 1.807) is 36.4 Å². The van der Waals surface area contributed by atoms with Crippen molar-refractivity contribution in [2.45, 2.75) is 35.5 Å². The van der Waals surface area contributed by atoms with Crippen LogP contribution in [0.2, 0.25) is 0 Å². The summed E-state index contributed by atoms with van der Waals surface area (Å²) in [6, 6.07) is 20.2. The van der Waals surface area contributed by atoms with Crippen molar-refractivity contribution in [2.75, 3.05) is 36.4 Å². The number of methoxy groups -OCH3 is 1. The number of nitrogens with zero attached hydrogens (tertiary/aromatic N) is 2. The zero-order chi connectivity index (χ0) is 27.2. The molecular weight excluding hydrogens is 526 g/mol. The van der Waals surface area contributed by atoms with Gasteiger partial charge in [-0.1, -0.05) is 37.1 Å². The van der Waals surface area contributed by atoms with E-state index in [0.717, 1.165) is 30.0 Å². The first-order valence-electron chi connectivity index (χ1n) is 12.3. The van der Waals surface area contributed by atoms with Gasteiger partial charge in [-0.3, -0.25) is 9.10 Å². The summed E-state index contributed by atoms with van der Waals surface area (Å²) in [5, 5.41) is 2.68. The Bertz CT molecular complexity index is 1450. The van der Waals surface area contributed by atoms with Crippen LogP contribution in [0, 0.1) is 0 Å². The molecule has 0 aromatic heterocycles. The number of amides is 1. The molecule has 3 aromatic rings. The monoisotopic (exact) mass is 557 g/mol. The SMILES string of the molecule is COc1cccc(N(CC(=O)Nc2ccc(S(=O)(=O)N3CCCCCC3)cc2)S(=O)(=O)c2ccccc2)c1. The van der Waals surface area contributed by atoms with Crippen molar-refractivity contribution in [3.05, 3.63) is 78.9 Å². The zero-order valence-electron chi connectivity index (χ0n) is 21.1. The Kier molecular flexibility index (Phi) is 8.70. The summed E-state index contributed by atoms with van der Waals surface area (Å²) in [6.07, 6.45) is 3.71. The number of carbonyl (C=O) groups is 1. The fourth-order valence-corrected chi connectivity index (χ4v) is 7.22. The second-order valence-electron chi connectivity index (χ2n) is 8.92. The van der Waals surface area contributed by atoms with E-state index >= 15 is 0 Å². The van der Waals surface area contributed by atoms with Crippen LogP contribution in [0.4, 0.5) is 11.4 Å². The summed E-state index contributed by atoms with van der Waals surface area (Å²) in [6.45, 7) is 0.492. The van der Waals surface area contributed by atoms with E-state index in [-0.39, 0.29) is 15.5 Å². The highest BCUT2D eigenvalue weighted by Gasteiger charge is 2.28. The van der Waals surface area contributed by atoms with Gasteiger partial charge in [-0.25, -0.2) is 16.8 Å². The van der Waals surface area contributed by atoms with Crippen molar-refractivity contribution in [3.8, 4) is 5.75 Å². The average Bonchev–Trinajstić information content (AvgIpc) is 3.23. The van der Waals surface area contributed by atoms with Gasteiger partial charge in [0.1, 0.15) is 12.3 Å². The molecule has 1 aliphatic rings. The highest BCUT2D eigenvalue weighted by atomic mass is 32.2. The first kappa shape index (κ1) is 27.6. The molecule has 0 unspecified atom stereocenters. The predicted octanol–water partition coefficient (Wildman–Crippen LogP) is 4.09. The van der Waals surface area contributed by atoms with Crippen LogP contribution >= 0.6 is 0 Å². The lowest BCUT2D eigenvalue weighted by atomic mass is 10.2. The van der Waals surface area contributed by atoms with Gasteiger partial charge in [-0.05, 0) is 61.4 Å². The number of anilines is 2. The lowest BCUT2D eigenvalue weighted by molar-refractivity contribution is -0.114. The van der Waals surface area contributed by atoms with Gasteiger partial charge in [0, 0.05) is 24.8 Å². The van der Waals surface area contributed by atoms with E-state index in [2.05, 4.69) is 5.32 Å². The fraction of sp³-hybridized carbons (Fsp3) is 0.296. The van der Waals surface area contributed by atoms with Crippen LogP contribution in [0.25, 0.3) is 0 Å². The molecular formula is C27H31N3O6S2. The van der Waals surface area contributed by atoms with Gasteiger partial charge in [0.2, 0.25) is 15.9 Å². The van der Waals surface area contributed by atoms with Crippen molar-refractivity contribution in [1.82, 2.24) is 4.31 Å². The van der Waals surface area contributed by atoms with Gasteiger partial charge in [-0.15, -0.1) is 0 Å². The van der Waals surface area contributed by atoms with Gasteiger partial charge in [-0.2, -0.15) is 4.31 Å². The van der Waals surface area contributed by atoms with E-state index in [4.69, 9.17) is 4.74 Å². The quantitative estimate of drug-likeness (QED) is 0.424. The lowest BCUT2D eigenvalue weighted by Gasteiger charge is -2.24. The summed E-state index contributed by atoms with van der Waals surface area (Å²) in [5.41, 5.74) is 0.620. The molecule has 1 fully saturated rings. The Morgan fingerprint density at radius 1 is 0.842 bits per heavy atom. The Morgan fingerprint density at radius 3 is 2.13 bits per heavy atom. The summed E-state index contributed by atoms with van der Waals surface area (Å²) >= 11 is 0. The Labute approximate surface area is 224 Å². The van der Waals surface area contributed by atoms with Crippen molar-refractivity contribution >= 4 is 37.3 Å². The number of carbonyl (C=O) groups excluding carboxylic acids is 1. The third-order valence-electron chi connectivity index (χ3n) is 6.30. The van der Waals surface area contributed by atoms with Gasteiger partial charge in [0.15, 0.2) is 0 Å². The maximum absolute atomic E-state index is 13.5. The van der Waals surface area contributed by atoms with Crippen LogP contribution in [-0.2, 0) is 24.8 Å². The number of ether oxygens (including phenoxy) is 1. The molecule has 202 valence electrons. The van der Waals surface area contributed by atoms with Crippen LogP contribution in [-0.4, -0.2) is 53.8 Å². The molecule has 4 rings (SSSR count). The van der Waals surface area contributed by atoms with Gasteiger partial charge < -0.3 is 10.1 Å². The molecule has 0 saturated carbocycles. The average molecular weight is 558 g/mol. The minimum Gasteiger partial charge on any atom is -0.497 e. The van der Waals surface area contributed by atoms with Crippen molar-refractivity contribution in [1.29, 1.82) is 0 Å². The first-order valence-corrected chi connectivity index (χ1v) is 15.2. The smallest absolute Gasteiger partial charge is 0.264 e. The van der Waals surface area contributed by atoms with Crippen LogP contribution in [0.3, 0.4) is 0 Å². The van der Waals surface area contributed by atoms with E-state index in [1.165, 1.54) is 53.9 Å². The van der Waals surface area contributed by atoms with Gasteiger partial charge >= 0.3 is 0 Å². The summed E-state index contributed by atoms with van der Waals surface area (Å²) in [7, 11) is -6.23. The van der Waals surface area contributed by atoms with Gasteiger partial charge in [0.05, 0.1) is 22.6 Å². The Hall–Kier alpha value is -3.41. The van der Waals surface area contributed by atoms with Crippen molar-refractivity contribution < 1.29 is 26.4 Å². The zero-order valence-corrected chi connectivity index (χ0v) is 22.7. The largest absolute Gasteiger partial charge is 0.497 e. The molecule has 1 saturated heterocycles. The van der Waals surface area contributed by atoms with Crippen LogP contribution < -0.4 is 14.4 Å². The van der Waals surface area contributed by atoms with E-state index in [0.29, 0.717) is 24.5 Å². The maximum Gasteiger partial charge on any atom is 0.264 e. The number of nitrogens with one attached hydrogen (secondary N) is 1. The number of benzene rings is 3. The van der Waals surface area contributed by atoms with E-state index in [1.807, 2.05) is 0 Å². The maximum atomic E-state index is 13.5. The molecule has 0 bridgehead atoms. The molecule has 11 heteroatoms. The molecule has 0 aliphatic carbocycles. The molecule has 1 amide bonds. The fourth-order valence-electron chi connectivity index (χ4n) is 4.27. The highest BCUT2D eigenvalue weighted by molar-refractivity contribution is 7.92. The molecule has 38 heavy (non-hydrogen) atoms. The summed E-state index contributed by atoms with van der Waals surface area (Å²) in [4.78, 5) is 13.2. The molecule has 0 radical (unpaired) electrons. The Balaban J connectivity index is 1.54. The second kappa shape index (κ2) is 12.0. The predicted molar refractivity (Wildman–Crippen MR) is 146 cm³/mol. The normalized spacial score (nSPS) is 14.9. The van der Waals surface area contributed by atoms with Crippen molar-refractivity contribution in [2.24, 2.45) is 0 Å². The number of sulfonamides is 2. The molecule has 0 spiro atoms. The number of hydrogen-bond acceptors (Lipinski definition) is 6. The third kappa shape index (κ3) is 6.35. The second-order valence-corrected chi connectivity index (χ2v) is 12.7. The molecule has 3 aromatic carbocycles. The number of rotatable bonds is 9. The van der Waals surface area contributed by atoms with Crippen LogP contribution in [0.15, 0.2) is 88.7 Å². The van der Waals surface area contributed by atoms with E-state index < -0.39 is 32.5 Å². The highest BCUT2D eigenvalue weighted by Crippen LogP contribution is 2.27. The summed E-state index contributed by atoms with van der Waals surface area (Å²) in [5.74, 6) is -0.146. The van der Waals surface area contributed by atoms with Crippen LogP contribution in [0.5, 0.6) is 5.75 Å². The van der Waals surface area contributed by atoms with Crippen LogP contribution in [0.1, 0.15) is 25.7 Å². The van der Waals surface area contributed by atoms with E-state index in [9.17, 15) is 21.6 Å². The first-order chi connectivity index (χ1) is 18.2. The molecule has 1 aliphatic heterocycles. The minimum absolute atomic E-state index is 0.0405. The lowest BCUT2D eigenvalue weighted by Crippen LogP contribution is -2.38. The molecule has 1 heterocycles. The number of hydrogen-bond donors (Lipinski definition) is 1. The summed E-state index contributed by atoms with van der Waals surface area (Å²) < 4.78 is 60.8. The minimum atomic E-state index is -4.08. The molecule has 9 nitrogen and oxygen atoms in total. The molecule has 0 atom stereocenters. The van der Waals surface area contributed by atoms with Crippen molar-refractivity contribution in [3.63, 3.8) is 0 Å². The topological polar surface area (TPSA) is 113 Å². The standard InChI is InChI=1S/C27H31N3O6S2/c1-36-24-11-9-10-23(20-24)30(38(34,35)25-12-5-4-6-13-25)21-27(31)28-22-14-16-26(17-15-22)37(32,33)29-18-7-2-3-8-19-29/h4-6,9-17,20H,2-3,7-8,18-19,21H2,1H3,(H,28,31). The van der Waals surface area contributed by atoms with Gasteiger partial charge in [0.25, 0.3) is 10.0 Å².